The van der Waals surface area contributed by atoms with Crippen molar-refractivity contribution in [3.05, 3.63) is 72.3 Å². The zero-order chi connectivity index (χ0) is 16.1. The summed E-state index contributed by atoms with van der Waals surface area (Å²) in [7, 11) is 0. The molecule has 3 rings (SSSR count). The molecule has 0 bridgehead atoms. The highest BCUT2D eigenvalue weighted by atomic mass is 16.5. The maximum Gasteiger partial charge on any atom is 0.127 e. The quantitative estimate of drug-likeness (QED) is 0.723. The number of para-hydroxylation sites is 1. The van der Waals surface area contributed by atoms with Gasteiger partial charge in [0.25, 0.3) is 0 Å². The zero-order valence-corrected chi connectivity index (χ0v) is 13.2. The van der Waals surface area contributed by atoms with Gasteiger partial charge in [-0.05, 0) is 30.0 Å². The van der Waals surface area contributed by atoms with Crippen molar-refractivity contribution in [2.75, 3.05) is 18.5 Å². The maximum atomic E-state index is 10.1. The molecule has 0 aromatic heterocycles. The molecule has 2 N–H and O–H groups in total. The molecule has 1 unspecified atom stereocenters. The number of aliphatic hydroxyl groups is 1. The van der Waals surface area contributed by atoms with Gasteiger partial charge in [0.15, 0.2) is 0 Å². The van der Waals surface area contributed by atoms with Gasteiger partial charge in [-0.1, -0.05) is 54.6 Å². The minimum absolute atomic E-state index is 0.257. The molecule has 0 heterocycles. The number of rotatable bonds is 6. The van der Waals surface area contributed by atoms with Crippen LogP contribution < -0.4 is 10.1 Å². The van der Waals surface area contributed by atoms with Crippen LogP contribution in [0, 0.1) is 6.92 Å². The van der Waals surface area contributed by atoms with Crippen molar-refractivity contribution in [1.29, 1.82) is 0 Å². The molecule has 0 aliphatic rings. The van der Waals surface area contributed by atoms with E-state index in [2.05, 4.69) is 17.4 Å². The van der Waals surface area contributed by atoms with E-state index in [-0.39, 0.29) is 6.61 Å². The molecular formula is C20H21NO2. The molecule has 0 fully saturated rings. The van der Waals surface area contributed by atoms with Crippen molar-refractivity contribution < 1.29 is 9.84 Å². The molecule has 1 atom stereocenters. The first kappa shape index (κ1) is 15.4. The number of anilines is 1. The third-order valence-corrected chi connectivity index (χ3v) is 3.85. The highest BCUT2D eigenvalue weighted by Crippen LogP contribution is 2.25. The first-order valence-electron chi connectivity index (χ1n) is 7.82. The van der Waals surface area contributed by atoms with Crippen LogP contribution in [0.25, 0.3) is 10.8 Å². The Hall–Kier alpha value is -2.52. The first-order chi connectivity index (χ1) is 11.2. The Labute approximate surface area is 136 Å². The van der Waals surface area contributed by atoms with Crippen LogP contribution in [0.1, 0.15) is 5.56 Å². The van der Waals surface area contributed by atoms with E-state index in [0.717, 1.165) is 27.8 Å². The van der Waals surface area contributed by atoms with Gasteiger partial charge in [0.05, 0.1) is 0 Å². The number of aliphatic hydroxyl groups excluding tert-OH is 1. The fraction of sp³-hybridized carbons (Fsp3) is 0.200. The number of hydrogen-bond donors (Lipinski definition) is 2. The number of hydrogen-bond acceptors (Lipinski definition) is 3. The molecule has 23 heavy (non-hydrogen) atoms. The lowest BCUT2D eigenvalue weighted by Gasteiger charge is -2.16. The zero-order valence-electron chi connectivity index (χ0n) is 13.2. The van der Waals surface area contributed by atoms with Crippen LogP contribution in [0.2, 0.25) is 0 Å². The SMILES string of the molecule is Cc1ccccc1NCC(O)COc1cccc2ccccc12. The van der Waals surface area contributed by atoms with Crippen LogP contribution in [0.15, 0.2) is 66.7 Å². The Kier molecular flexibility index (Phi) is 4.79. The maximum absolute atomic E-state index is 10.1. The summed E-state index contributed by atoms with van der Waals surface area (Å²) >= 11 is 0. The van der Waals surface area contributed by atoms with Crippen molar-refractivity contribution in [2.45, 2.75) is 13.0 Å². The number of ether oxygens (including phenoxy) is 1. The summed E-state index contributed by atoms with van der Waals surface area (Å²) in [5.74, 6) is 0.804. The van der Waals surface area contributed by atoms with Gasteiger partial charge in [0.1, 0.15) is 18.5 Å². The smallest absolute Gasteiger partial charge is 0.127 e. The lowest BCUT2D eigenvalue weighted by molar-refractivity contribution is 0.118. The fourth-order valence-corrected chi connectivity index (χ4v) is 2.57. The Bertz CT molecular complexity index is 780. The molecule has 0 aliphatic heterocycles. The summed E-state index contributed by atoms with van der Waals surface area (Å²) < 4.78 is 5.81. The van der Waals surface area contributed by atoms with Crippen molar-refractivity contribution >= 4 is 16.5 Å². The van der Waals surface area contributed by atoms with E-state index >= 15 is 0 Å². The van der Waals surface area contributed by atoms with Crippen LogP contribution in [0.5, 0.6) is 5.75 Å². The van der Waals surface area contributed by atoms with Crippen LogP contribution >= 0.6 is 0 Å². The monoisotopic (exact) mass is 307 g/mol. The second kappa shape index (κ2) is 7.16. The molecule has 0 amide bonds. The Balaban J connectivity index is 1.58. The highest BCUT2D eigenvalue weighted by molar-refractivity contribution is 5.88. The second-order valence-corrected chi connectivity index (χ2v) is 5.64. The number of aryl methyl sites for hydroxylation is 1. The molecule has 3 aromatic rings. The Morgan fingerprint density at radius 1 is 0.957 bits per heavy atom. The molecule has 3 heteroatoms. The predicted molar refractivity (Wildman–Crippen MR) is 95.1 cm³/mol. The Morgan fingerprint density at radius 3 is 2.57 bits per heavy atom. The van der Waals surface area contributed by atoms with Gasteiger partial charge in [0, 0.05) is 17.6 Å². The molecular weight excluding hydrogens is 286 g/mol. The molecule has 0 saturated carbocycles. The summed E-state index contributed by atoms with van der Waals surface area (Å²) in [6, 6.07) is 22.1. The van der Waals surface area contributed by atoms with Crippen molar-refractivity contribution in [3.8, 4) is 5.75 Å². The van der Waals surface area contributed by atoms with Gasteiger partial charge in [0.2, 0.25) is 0 Å². The molecule has 0 aliphatic carbocycles. The molecule has 0 radical (unpaired) electrons. The average molecular weight is 307 g/mol. The summed E-state index contributed by atoms with van der Waals surface area (Å²) in [6.07, 6.45) is -0.575. The van der Waals surface area contributed by atoms with Crippen LogP contribution in [0.4, 0.5) is 5.69 Å². The van der Waals surface area contributed by atoms with Gasteiger partial charge in [-0.25, -0.2) is 0 Å². The van der Waals surface area contributed by atoms with Gasteiger partial charge in [-0.3, -0.25) is 0 Å². The number of benzene rings is 3. The summed E-state index contributed by atoms with van der Waals surface area (Å²) in [6.45, 7) is 2.75. The van der Waals surface area contributed by atoms with E-state index in [9.17, 15) is 5.11 Å². The van der Waals surface area contributed by atoms with Crippen LogP contribution in [0.3, 0.4) is 0 Å². The summed E-state index contributed by atoms with van der Waals surface area (Å²) in [5.41, 5.74) is 2.20. The standard InChI is InChI=1S/C20H21NO2/c1-15-7-2-5-11-19(15)21-13-17(22)14-23-20-12-6-9-16-8-3-4-10-18(16)20/h2-12,17,21-22H,13-14H2,1H3. The average Bonchev–Trinajstić information content (AvgIpc) is 2.59. The van der Waals surface area contributed by atoms with Crippen molar-refractivity contribution in [2.24, 2.45) is 0 Å². The number of nitrogens with one attached hydrogen (secondary N) is 1. The minimum atomic E-state index is -0.575. The molecule has 0 saturated heterocycles. The van der Waals surface area contributed by atoms with Crippen molar-refractivity contribution in [3.63, 3.8) is 0 Å². The normalized spacial score (nSPS) is 12.1. The molecule has 3 aromatic carbocycles. The van der Waals surface area contributed by atoms with E-state index in [0.29, 0.717) is 6.54 Å². The third kappa shape index (κ3) is 3.82. The lowest BCUT2D eigenvalue weighted by Crippen LogP contribution is -2.26. The van der Waals surface area contributed by atoms with E-state index in [1.165, 1.54) is 0 Å². The topological polar surface area (TPSA) is 41.5 Å². The van der Waals surface area contributed by atoms with E-state index in [4.69, 9.17) is 4.74 Å². The van der Waals surface area contributed by atoms with E-state index in [1.807, 2.05) is 61.5 Å². The lowest BCUT2D eigenvalue weighted by atomic mass is 10.1. The van der Waals surface area contributed by atoms with E-state index in [1.54, 1.807) is 0 Å². The molecule has 0 spiro atoms. The van der Waals surface area contributed by atoms with Crippen molar-refractivity contribution in [1.82, 2.24) is 0 Å². The van der Waals surface area contributed by atoms with Gasteiger partial charge >= 0.3 is 0 Å². The minimum Gasteiger partial charge on any atom is -0.490 e. The number of fused-ring (bicyclic) bond motifs is 1. The second-order valence-electron chi connectivity index (χ2n) is 5.64. The van der Waals surface area contributed by atoms with Gasteiger partial charge in [-0.2, -0.15) is 0 Å². The first-order valence-corrected chi connectivity index (χ1v) is 7.82. The fourth-order valence-electron chi connectivity index (χ4n) is 2.57. The van der Waals surface area contributed by atoms with Gasteiger partial charge < -0.3 is 15.2 Å². The van der Waals surface area contributed by atoms with E-state index < -0.39 is 6.10 Å². The van der Waals surface area contributed by atoms with Crippen LogP contribution in [-0.2, 0) is 0 Å². The van der Waals surface area contributed by atoms with Crippen LogP contribution in [-0.4, -0.2) is 24.4 Å². The predicted octanol–water partition coefficient (Wildman–Crippen LogP) is 4.00. The largest absolute Gasteiger partial charge is 0.490 e. The molecule has 118 valence electrons. The molecule has 3 nitrogen and oxygen atoms in total. The Morgan fingerprint density at radius 2 is 1.70 bits per heavy atom. The van der Waals surface area contributed by atoms with Gasteiger partial charge in [-0.15, -0.1) is 0 Å². The third-order valence-electron chi connectivity index (χ3n) is 3.85. The summed E-state index contributed by atoms with van der Waals surface area (Å²) in [5, 5.41) is 15.6. The highest BCUT2D eigenvalue weighted by Gasteiger charge is 2.08. The summed E-state index contributed by atoms with van der Waals surface area (Å²) in [4.78, 5) is 0.